The summed E-state index contributed by atoms with van der Waals surface area (Å²) in [4.78, 5) is 29.0. The van der Waals surface area contributed by atoms with Crippen molar-refractivity contribution >= 4 is 33.6 Å². The molecule has 1 aromatic heterocycles. The Hall–Kier alpha value is -1.63. The van der Waals surface area contributed by atoms with Crippen LogP contribution in [0.2, 0.25) is 0 Å². The van der Waals surface area contributed by atoms with Gasteiger partial charge in [0, 0.05) is 20.0 Å². The second kappa shape index (κ2) is 7.40. The predicted octanol–water partition coefficient (Wildman–Crippen LogP) is 2.72. The molecule has 1 rings (SSSR count). The summed E-state index contributed by atoms with van der Waals surface area (Å²) in [6.07, 6.45) is 1.26. The van der Waals surface area contributed by atoms with E-state index in [9.17, 15) is 9.59 Å². The summed E-state index contributed by atoms with van der Waals surface area (Å²) in [5.41, 5.74) is 0.147. The van der Waals surface area contributed by atoms with E-state index in [2.05, 4.69) is 26.2 Å². The largest absolute Gasteiger partial charge is 0.444 e. The number of carbonyl (C=O) groups excluding carboxylic acids is 2. The molecule has 0 spiro atoms. The number of carbonyl (C=O) groups is 2. The summed E-state index contributed by atoms with van der Waals surface area (Å²) in [5, 5.41) is 2.55. The Bertz CT molecular complexity index is 497. The summed E-state index contributed by atoms with van der Waals surface area (Å²) in [5.74, 6) is -0.116. The van der Waals surface area contributed by atoms with Gasteiger partial charge in [-0.3, -0.25) is 4.79 Å². The van der Waals surface area contributed by atoms with Crippen molar-refractivity contribution in [1.82, 2.24) is 10.3 Å². The first-order chi connectivity index (χ1) is 9.69. The van der Waals surface area contributed by atoms with E-state index in [1.165, 1.54) is 4.90 Å². The molecule has 1 N–H and O–H groups in total. The first-order valence-corrected chi connectivity index (χ1v) is 7.33. The van der Waals surface area contributed by atoms with Gasteiger partial charge >= 0.3 is 6.09 Å². The van der Waals surface area contributed by atoms with E-state index in [4.69, 9.17) is 4.74 Å². The van der Waals surface area contributed by atoms with E-state index in [1.54, 1.807) is 46.1 Å². The van der Waals surface area contributed by atoms with Crippen LogP contribution >= 0.6 is 15.9 Å². The summed E-state index contributed by atoms with van der Waals surface area (Å²) < 4.78 is 5.79. The minimum Gasteiger partial charge on any atom is -0.444 e. The maximum atomic E-state index is 12.0. The highest BCUT2D eigenvalue weighted by molar-refractivity contribution is 9.10. The molecule has 0 atom stereocenters. The molecule has 0 aromatic carbocycles. The first-order valence-electron chi connectivity index (χ1n) is 6.54. The number of hydrogen-bond donors (Lipinski definition) is 1. The van der Waals surface area contributed by atoms with E-state index in [-0.39, 0.29) is 18.9 Å². The number of rotatable bonds is 4. The second-order valence-corrected chi connectivity index (χ2v) is 6.28. The Morgan fingerprint density at radius 1 is 1.38 bits per heavy atom. The van der Waals surface area contributed by atoms with Crippen LogP contribution in [0, 0.1) is 0 Å². The van der Waals surface area contributed by atoms with Gasteiger partial charge in [0.1, 0.15) is 10.2 Å². The summed E-state index contributed by atoms with van der Waals surface area (Å²) >= 11 is 3.24. The van der Waals surface area contributed by atoms with Gasteiger partial charge in [-0.25, -0.2) is 9.78 Å². The minimum absolute atomic E-state index is 0.116. The van der Waals surface area contributed by atoms with Gasteiger partial charge in [0.05, 0.1) is 11.9 Å². The molecule has 1 aromatic rings. The van der Waals surface area contributed by atoms with Gasteiger partial charge < -0.3 is 15.0 Å². The SMILES string of the molecule is CN(C(=O)CCNC(=O)OC(C)(C)C)c1ccc(Br)nc1. The van der Waals surface area contributed by atoms with Crippen molar-refractivity contribution in [2.24, 2.45) is 0 Å². The molecule has 2 amide bonds. The third-order valence-corrected chi connectivity index (χ3v) is 2.95. The second-order valence-electron chi connectivity index (χ2n) is 5.47. The number of nitrogens with zero attached hydrogens (tertiary/aromatic N) is 2. The molecule has 0 bridgehead atoms. The topological polar surface area (TPSA) is 71.5 Å². The standard InChI is InChI=1S/C14H20BrN3O3/c1-14(2,3)21-13(20)16-8-7-12(19)18(4)10-5-6-11(15)17-9-10/h5-6,9H,7-8H2,1-4H3,(H,16,20). The number of pyridine rings is 1. The highest BCUT2D eigenvalue weighted by Crippen LogP contribution is 2.14. The van der Waals surface area contributed by atoms with E-state index in [0.29, 0.717) is 10.3 Å². The Kier molecular flexibility index (Phi) is 6.14. The third-order valence-electron chi connectivity index (χ3n) is 2.48. The Morgan fingerprint density at radius 2 is 2.05 bits per heavy atom. The fourth-order valence-electron chi connectivity index (χ4n) is 1.46. The van der Waals surface area contributed by atoms with Gasteiger partial charge in [-0.2, -0.15) is 0 Å². The summed E-state index contributed by atoms with van der Waals surface area (Å²) in [6, 6.07) is 3.55. The van der Waals surface area contributed by atoms with Crippen molar-refractivity contribution in [3.05, 3.63) is 22.9 Å². The normalized spacial score (nSPS) is 10.9. The Labute approximate surface area is 133 Å². The number of anilines is 1. The fourth-order valence-corrected chi connectivity index (χ4v) is 1.70. The van der Waals surface area contributed by atoms with E-state index in [1.807, 2.05) is 0 Å². The average Bonchev–Trinajstić information content (AvgIpc) is 2.36. The lowest BCUT2D eigenvalue weighted by Crippen LogP contribution is -2.35. The number of ether oxygens (including phenoxy) is 1. The van der Waals surface area contributed by atoms with Crippen LogP contribution in [0.4, 0.5) is 10.5 Å². The zero-order chi connectivity index (χ0) is 16.0. The molecule has 7 heteroatoms. The van der Waals surface area contributed by atoms with Crippen molar-refractivity contribution in [3.8, 4) is 0 Å². The smallest absolute Gasteiger partial charge is 0.407 e. The van der Waals surface area contributed by atoms with Crippen LogP contribution in [-0.4, -0.2) is 36.2 Å². The Morgan fingerprint density at radius 3 is 2.57 bits per heavy atom. The molecule has 6 nitrogen and oxygen atoms in total. The highest BCUT2D eigenvalue weighted by atomic mass is 79.9. The number of amides is 2. The number of hydrogen-bond acceptors (Lipinski definition) is 4. The van der Waals surface area contributed by atoms with Crippen molar-refractivity contribution in [3.63, 3.8) is 0 Å². The maximum absolute atomic E-state index is 12.0. The molecule has 0 aliphatic rings. The molecular formula is C14H20BrN3O3. The Balaban J connectivity index is 2.40. The van der Waals surface area contributed by atoms with Gasteiger partial charge in [-0.15, -0.1) is 0 Å². The van der Waals surface area contributed by atoms with E-state index in [0.717, 1.165) is 0 Å². The first kappa shape index (κ1) is 17.4. The van der Waals surface area contributed by atoms with Gasteiger partial charge in [0.2, 0.25) is 5.91 Å². The van der Waals surface area contributed by atoms with Crippen molar-refractivity contribution in [2.75, 3.05) is 18.5 Å². The molecule has 0 saturated carbocycles. The number of nitrogens with one attached hydrogen (secondary N) is 1. The average molecular weight is 358 g/mol. The molecule has 21 heavy (non-hydrogen) atoms. The van der Waals surface area contributed by atoms with Crippen LogP contribution in [0.25, 0.3) is 0 Å². The molecule has 0 aliphatic carbocycles. The summed E-state index contributed by atoms with van der Waals surface area (Å²) in [7, 11) is 1.67. The zero-order valence-electron chi connectivity index (χ0n) is 12.6. The molecule has 0 fully saturated rings. The van der Waals surface area contributed by atoms with Crippen LogP contribution in [0.3, 0.4) is 0 Å². The predicted molar refractivity (Wildman–Crippen MR) is 84.2 cm³/mol. The number of halogens is 1. The molecule has 0 aliphatic heterocycles. The molecule has 0 saturated heterocycles. The molecule has 0 unspecified atom stereocenters. The molecule has 1 heterocycles. The zero-order valence-corrected chi connectivity index (χ0v) is 14.2. The lowest BCUT2D eigenvalue weighted by molar-refractivity contribution is -0.118. The fraction of sp³-hybridized carbons (Fsp3) is 0.500. The van der Waals surface area contributed by atoms with Gasteiger partial charge in [-0.1, -0.05) is 0 Å². The highest BCUT2D eigenvalue weighted by Gasteiger charge is 2.16. The number of alkyl carbamates (subject to hydrolysis) is 1. The lowest BCUT2D eigenvalue weighted by atomic mass is 10.2. The van der Waals surface area contributed by atoms with Crippen LogP contribution < -0.4 is 10.2 Å². The lowest BCUT2D eigenvalue weighted by Gasteiger charge is -2.20. The molecule has 116 valence electrons. The van der Waals surface area contributed by atoms with Crippen LogP contribution in [0.1, 0.15) is 27.2 Å². The van der Waals surface area contributed by atoms with Gasteiger partial charge in [0.25, 0.3) is 0 Å². The van der Waals surface area contributed by atoms with Gasteiger partial charge in [0.15, 0.2) is 0 Å². The summed E-state index contributed by atoms with van der Waals surface area (Å²) in [6.45, 7) is 5.58. The van der Waals surface area contributed by atoms with Crippen LogP contribution in [0.5, 0.6) is 0 Å². The maximum Gasteiger partial charge on any atom is 0.407 e. The third kappa shape index (κ3) is 6.57. The van der Waals surface area contributed by atoms with Crippen LogP contribution in [0.15, 0.2) is 22.9 Å². The van der Waals surface area contributed by atoms with E-state index >= 15 is 0 Å². The minimum atomic E-state index is -0.548. The molecular weight excluding hydrogens is 338 g/mol. The van der Waals surface area contributed by atoms with Crippen LogP contribution in [-0.2, 0) is 9.53 Å². The van der Waals surface area contributed by atoms with E-state index < -0.39 is 11.7 Å². The quantitative estimate of drug-likeness (QED) is 0.841. The number of aromatic nitrogens is 1. The van der Waals surface area contributed by atoms with Gasteiger partial charge in [-0.05, 0) is 48.8 Å². The van der Waals surface area contributed by atoms with Crippen molar-refractivity contribution in [1.29, 1.82) is 0 Å². The molecule has 0 radical (unpaired) electrons. The van der Waals surface area contributed by atoms with Crippen molar-refractivity contribution < 1.29 is 14.3 Å². The monoisotopic (exact) mass is 357 g/mol. The van der Waals surface area contributed by atoms with Crippen molar-refractivity contribution in [2.45, 2.75) is 32.8 Å².